The number of nitrogens with one attached hydrogen (secondary N) is 1. The molecule has 1 saturated heterocycles. The second-order valence-electron chi connectivity index (χ2n) is 6.70. The number of nitrogens with zero attached hydrogens (tertiary/aromatic N) is 3. The molecule has 4 rings (SSSR count). The number of hydrogen-bond acceptors (Lipinski definition) is 5. The highest BCUT2D eigenvalue weighted by molar-refractivity contribution is 5.71. The summed E-state index contributed by atoms with van der Waals surface area (Å²) in [6.45, 7) is 6.50. The Kier molecular flexibility index (Phi) is 4.86. The fraction of sp³-hybridized carbons (Fsp3) is 0.400. The minimum atomic E-state index is -0.0313. The van der Waals surface area contributed by atoms with E-state index in [4.69, 9.17) is 9.40 Å². The number of benzene rings is 1. The summed E-state index contributed by atoms with van der Waals surface area (Å²) in [7, 11) is 0. The van der Waals surface area contributed by atoms with E-state index in [0.29, 0.717) is 17.6 Å². The largest absolute Gasteiger partial charge is 0.446 e. The molecule has 136 valence electrons. The molecule has 1 aromatic carbocycles. The normalized spacial score (nSPS) is 16.8. The van der Waals surface area contributed by atoms with Crippen molar-refractivity contribution in [3.05, 3.63) is 64.4 Å². The van der Waals surface area contributed by atoms with Gasteiger partial charge in [-0.3, -0.25) is 14.3 Å². The number of piperazine rings is 1. The summed E-state index contributed by atoms with van der Waals surface area (Å²) in [6, 6.07) is 11.9. The van der Waals surface area contributed by atoms with Crippen molar-refractivity contribution in [1.82, 2.24) is 19.8 Å². The van der Waals surface area contributed by atoms with E-state index in [1.54, 1.807) is 12.3 Å². The maximum Gasteiger partial charge on any atom is 0.265 e. The fourth-order valence-electron chi connectivity index (χ4n) is 3.74. The quantitative estimate of drug-likeness (QED) is 0.764. The van der Waals surface area contributed by atoms with Gasteiger partial charge in [-0.25, -0.2) is 0 Å². The zero-order valence-corrected chi connectivity index (χ0v) is 15.0. The van der Waals surface area contributed by atoms with E-state index in [2.05, 4.69) is 17.1 Å². The lowest BCUT2D eigenvalue weighted by molar-refractivity contribution is 0.158. The minimum absolute atomic E-state index is 0.0313. The van der Waals surface area contributed by atoms with Gasteiger partial charge in [-0.2, -0.15) is 4.98 Å². The van der Waals surface area contributed by atoms with Gasteiger partial charge in [0.1, 0.15) is 11.2 Å². The topological polar surface area (TPSA) is 63.3 Å². The van der Waals surface area contributed by atoms with E-state index in [1.165, 1.54) is 0 Å². The van der Waals surface area contributed by atoms with Crippen LogP contribution in [0.15, 0.2) is 51.9 Å². The Labute approximate surface area is 152 Å². The Morgan fingerprint density at radius 2 is 1.96 bits per heavy atom. The van der Waals surface area contributed by atoms with Crippen LogP contribution in [0.4, 0.5) is 0 Å². The molecule has 1 N–H and O–H groups in total. The maximum atomic E-state index is 13.2. The van der Waals surface area contributed by atoms with E-state index in [9.17, 15) is 4.79 Å². The highest BCUT2D eigenvalue weighted by Gasteiger charge is 2.26. The molecule has 1 aliphatic rings. The van der Waals surface area contributed by atoms with Crippen LogP contribution in [0.2, 0.25) is 0 Å². The van der Waals surface area contributed by atoms with Crippen LogP contribution in [0.5, 0.6) is 0 Å². The Morgan fingerprint density at radius 3 is 2.69 bits per heavy atom. The van der Waals surface area contributed by atoms with Crippen molar-refractivity contribution in [1.29, 1.82) is 0 Å². The summed E-state index contributed by atoms with van der Waals surface area (Å²) in [5.74, 6) is 0.797. The molecule has 1 fully saturated rings. The van der Waals surface area contributed by atoms with Gasteiger partial charge >= 0.3 is 0 Å². The molecule has 26 heavy (non-hydrogen) atoms. The van der Waals surface area contributed by atoms with Gasteiger partial charge in [-0.15, -0.1) is 0 Å². The molecule has 1 unspecified atom stereocenters. The molecule has 1 atom stereocenters. The summed E-state index contributed by atoms with van der Waals surface area (Å²) in [5.41, 5.74) is 1.50. The second-order valence-corrected chi connectivity index (χ2v) is 6.70. The highest BCUT2D eigenvalue weighted by atomic mass is 16.3. The lowest BCUT2D eigenvalue weighted by Crippen LogP contribution is -2.46. The monoisotopic (exact) mass is 352 g/mol. The summed E-state index contributed by atoms with van der Waals surface area (Å²) < 4.78 is 7.29. The zero-order chi connectivity index (χ0) is 17.9. The molecule has 0 saturated carbocycles. The molecular weight excluding hydrogens is 328 g/mol. The first-order valence-corrected chi connectivity index (χ1v) is 9.24. The molecule has 1 aliphatic heterocycles. The van der Waals surface area contributed by atoms with E-state index in [0.717, 1.165) is 44.0 Å². The van der Waals surface area contributed by atoms with Crippen LogP contribution in [0.1, 0.15) is 30.8 Å². The third kappa shape index (κ3) is 3.18. The molecule has 0 aliphatic carbocycles. The third-order valence-electron chi connectivity index (χ3n) is 5.07. The van der Waals surface area contributed by atoms with Crippen LogP contribution >= 0.6 is 0 Å². The Hall–Kier alpha value is -2.44. The second kappa shape index (κ2) is 7.43. The molecular formula is C20H24N4O2. The van der Waals surface area contributed by atoms with Crippen molar-refractivity contribution < 1.29 is 4.42 Å². The number of rotatable bonds is 5. The van der Waals surface area contributed by atoms with Crippen molar-refractivity contribution in [3.63, 3.8) is 0 Å². The van der Waals surface area contributed by atoms with E-state index in [-0.39, 0.29) is 11.6 Å². The van der Waals surface area contributed by atoms with E-state index >= 15 is 0 Å². The van der Waals surface area contributed by atoms with Gasteiger partial charge in [0.25, 0.3) is 5.56 Å². The summed E-state index contributed by atoms with van der Waals surface area (Å²) in [5, 5.41) is 3.93. The summed E-state index contributed by atoms with van der Waals surface area (Å²) in [6.07, 6.45) is 2.44. The molecule has 0 radical (unpaired) electrons. The van der Waals surface area contributed by atoms with Crippen LogP contribution in [0.25, 0.3) is 11.1 Å². The first-order valence-electron chi connectivity index (χ1n) is 9.24. The molecule has 0 bridgehead atoms. The predicted molar refractivity (Wildman–Crippen MR) is 101 cm³/mol. The van der Waals surface area contributed by atoms with Crippen molar-refractivity contribution in [2.45, 2.75) is 25.9 Å². The maximum absolute atomic E-state index is 13.2. The van der Waals surface area contributed by atoms with Gasteiger partial charge in [0.05, 0.1) is 18.8 Å². The van der Waals surface area contributed by atoms with Crippen LogP contribution in [-0.2, 0) is 6.54 Å². The van der Waals surface area contributed by atoms with Crippen LogP contribution < -0.4 is 10.9 Å². The molecule has 0 amide bonds. The van der Waals surface area contributed by atoms with E-state index in [1.807, 2.05) is 34.9 Å². The third-order valence-corrected chi connectivity index (χ3v) is 5.07. The standard InChI is InChI=1S/C20H24N4O2/c1-2-17(23-11-9-21-10-12-23)18-22-19-16(8-13-26-19)20(25)24(18)14-15-6-4-3-5-7-15/h3-8,13,17,21H,2,9-12,14H2,1H3. The summed E-state index contributed by atoms with van der Waals surface area (Å²) in [4.78, 5) is 20.3. The Morgan fingerprint density at radius 1 is 1.19 bits per heavy atom. The molecule has 3 aromatic rings. The van der Waals surface area contributed by atoms with Gasteiger partial charge in [0.2, 0.25) is 5.71 Å². The van der Waals surface area contributed by atoms with Gasteiger partial charge in [-0.1, -0.05) is 37.3 Å². The number of fused-ring (bicyclic) bond motifs is 1. The molecule has 6 nitrogen and oxygen atoms in total. The zero-order valence-electron chi connectivity index (χ0n) is 15.0. The average molecular weight is 352 g/mol. The first kappa shape index (κ1) is 17.0. The van der Waals surface area contributed by atoms with Gasteiger partial charge in [-0.05, 0) is 18.1 Å². The fourth-order valence-corrected chi connectivity index (χ4v) is 3.74. The summed E-state index contributed by atoms with van der Waals surface area (Å²) >= 11 is 0. The first-order chi connectivity index (χ1) is 12.8. The van der Waals surface area contributed by atoms with Gasteiger partial charge < -0.3 is 9.73 Å². The average Bonchev–Trinajstić information content (AvgIpc) is 3.16. The molecule has 0 spiro atoms. The smallest absolute Gasteiger partial charge is 0.265 e. The number of aromatic nitrogens is 2. The SMILES string of the molecule is CCC(c1nc2occc2c(=O)n1Cc1ccccc1)N1CCNCC1. The number of hydrogen-bond donors (Lipinski definition) is 1. The molecule has 2 aromatic heterocycles. The highest BCUT2D eigenvalue weighted by Crippen LogP contribution is 2.24. The van der Waals surface area contributed by atoms with Crippen LogP contribution in [-0.4, -0.2) is 40.6 Å². The lowest BCUT2D eigenvalue weighted by Gasteiger charge is -2.34. The van der Waals surface area contributed by atoms with Crippen molar-refractivity contribution in [2.24, 2.45) is 0 Å². The molecule has 6 heteroatoms. The van der Waals surface area contributed by atoms with Crippen molar-refractivity contribution in [3.8, 4) is 0 Å². The van der Waals surface area contributed by atoms with Gasteiger partial charge in [0, 0.05) is 26.2 Å². The van der Waals surface area contributed by atoms with E-state index < -0.39 is 0 Å². The minimum Gasteiger partial charge on any atom is -0.446 e. The Bertz CT molecular complexity index is 926. The molecule has 3 heterocycles. The lowest BCUT2D eigenvalue weighted by atomic mass is 10.1. The number of furan rings is 1. The van der Waals surface area contributed by atoms with Crippen molar-refractivity contribution >= 4 is 11.1 Å². The van der Waals surface area contributed by atoms with Crippen LogP contribution in [0.3, 0.4) is 0 Å². The predicted octanol–water partition coefficient (Wildman–Crippen LogP) is 2.39. The van der Waals surface area contributed by atoms with Gasteiger partial charge in [0.15, 0.2) is 0 Å². The van der Waals surface area contributed by atoms with Crippen molar-refractivity contribution in [2.75, 3.05) is 26.2 Å². The Balaban J connectivity index is 1.83. The van der Waals surface area contributed by atoms with Crippen LogP contribution in [0, 0.1) is 0 Å².